The van der Waals surface area contributed by atoms with Crippen molar-refractivity contribution in [1.29, 1.82) is 0 Å². The lowest BCUT2D eigenvalue weighted by atomic mass is 10.1. The molecule has 1 saturated heterocycles. The van der Waals surface area contributed by atoms with Crippen molar-refractivity contribution in [3.63, 3.8) is 0 Å². The van der Waals surface area contributed by atoms with Gasteiger partial charge in [-0.05, 0) is 35.9 Å². The normalized spacial score (nSPS) is 19.0. The number of pyridine rings is 1. The summed E-state index contributed by atoms with van der Waals surface area (Å²) in [6.07, 6.45) is 3.26. The highest BCUT2D eigenvalue weighted by Gasteiger charge is 2.42. The second-order valence-electron chi connectivity index (χ2n) is 5.87. The Balaban J connectivity index is 1.80. The largest absolute Gasteiger partial charge is 0.348 e. The van der Waals surface area contributed by atoms with Crippen molar-refractivity contribution in [2.75, 3.05) is 10.1 Å². The van der Waals surface area contributed by atoms with Gasteiger partial charge >= 0.3 is 0 Å². The van der Waals surface area contributed by atoms with E-state index in [1.807, 2.05) is 0 Å². The van der Waals surface area contributed by atoms with Gasteiger partial charge in [0.05, 0.1) is 17.4 Å². The van der Waals surface area contributed by atoms with Crippen molar-refractivity contribution in [3.05, 3.63) is 59.9 Å². The van der Waals surface area contributed by atoms with Crippen LogP contribution in [0.15, 0.2) is 48.8 Å². The zero-order valence-electron chi connectivity index (χ0n) is 13.5. The molecule has 0 radical (unpaired) electrons. The van der Waals surface area contributed by atoms with Crippen LogP contribution in [0.2, 0.25) is 0 Å². The molecule has 0 saturated carbocycles. The monoisotopic (exact) mass is 359 g/mol. The van der Waals surface area contributed by atoms with Crippen LogP contribution in [0.1, 0.15) is 22.8 Å². The maximum Gasteiger partial charge on any atom is 0.251 e. The van der Waals surface area contributed by atoms with E-state index in [1.54, 1.807) is 43.6 Å². The van der Waals surface area contributed by atoms with Crippen molar-refractivity contribution in [2.24, 2.45) is 5.92 Å². The number of amides is 2. The van der Waals surface area contributed by atoms with E-state index in [0.717, 1.165) is 9.87 Å². The fraction of sp³-hybridized carbons (Fsp3) is 0.235. The first-order valence-electron chi connectivity index (χ1n) is 7.72. The lowest BCUT2D eigenvalue weighted by Crippen LogP contribution is -2.30. The molecule has 2 aromatic rings. The van der Waals surface area contributed by atoms with Gasteiger partial charge in [0, 0.05) is 24.5 Å². The van der Waals surface area contributed by atoms with Crippen molar-refractivity contribution in [3.8, 4) is 0 Å². The second-order valence-corrected chi connectivity index (χ2v) is 7.73. The van der Waals surface area contributed by atoms with Crippen molar-refractivity contribution < 1.29 is 18.0 Å². The third-order valence-corrected chi connectivity index (χ3v) is 5.77. The van der Waals surface area contributed by atoms with Crippen LogP contribution in [0.25, 0.3) is 0 Å². The maximum atomic E-state index is 12.3. The smallest absolute Gasteiger partial charge is 0.251 e. The second kappa shape index (κ2) is 6.64. The van der Waals surface area contributed by atoms with Crippen molar-refractivity contribution >= 4 is 27.5 Å². The quantitative estimate of drug-likeness (QED) is 0.888. The first-order valence-corrected chi connectivity index (χ1v) is 9.33. The number of anilines is 1. The molecule has 0 unspecified atom stereocenters. The summed E-state index contributed by atoms with van der Waals surface area (Å²) in [5, 5.41) is 2.75. The molecular formula is C17H17N3O4S. The van der Waals surface area contributed by atoms with Crippen LogP contribution >= 0.6 is 0 Å². The van der Waals surface area contributed by atoms with E-state index in [2.05, 4.69) is 10.3 Å². The molecule has 0 spiro atoms. The molecule has 2 heterocycles. The van der Waals surface area contributed by atoms with Crippen molar-refractivity contribution in [2.45, 2.75) is 13.5 Å². The topological polar surface area (TPSA) is 96.4 Å². The lowest BCUT2D eigenvalue weighted by Gasteiger charge is -2.16. The van der Waals surface area contributed by atoms with Crippen molar-refractivity contribution in [1.82, 2.24) is 10.3 Å². The fourth-order valence-corrected chi connectivity index (χ4v) is 4.46. The third kappa shape index (κ3) is 3.53. The van der Waals surface area contributed by atoms with Gasteiger partial charge in [-0.1, -0.05) is 13.0 Å². The van der Waals surface area contributed by atoms with Crippen LogP contribution in [0.5, 0.6) is 0 Å². The number of benzene rings is 1. The van der Waals surface area contributed by atoms with Gasteiger partial charge in [-0.15, -0.1) is 0 Å². The minimum atomic E-state index is -3.69. The van der Waals surface area contributed by atoms with Crippen LogP contribution in [-0.4, -0.2) is 31.0 Å². The molecule has 1 aliphatic rings. The minimum Gasteiger partial charge on any atom is -0.348 e. The van der Waals surface area contributed by atoms with Crippen LogP contribution in [-0.2, 0) is 21.4 Å². The van der Waals surface area contributed by atoms with Gasteiger partial charge in [0.2, 0.25) is 15.9 Å². The fourth-order valence-electron chi connectivity index (χ4n) is 2.65. The molecule has 0 aliphatic carbocycles. The summed E-state index contributed by atoms with van der Waals surface area (Å²) in [6, 6.07) is 9.62. The Morgan fingerprint density at radius 2 is 2.00 bits per heavy atom. The predicted octanol–water partition coefficient (Wildman–Crippen LogP) is 1.32. The van der Waals surface area contributed by atoms with Crippen LogP contribution in [0.3, 0.4) is 0 Å². The van der Waals surface area contributed by atoms with E-state index in [9.17, 15) is 18.0 Å². The SMILES string of the molecule is C[C@@H]1CS(=O)(=O)N(c2cccc(C(=O)NCc3ccncc3)c2)C1=O. The maximum absolute atomic E-state index is 12.3. The summed E-state index contributed by atoms with van der Waals surface area (Å²) < 4.78 is 25.1. The van der Waals surface area contributed by atoms with Gasteiger partial charge in [0.25, 0.3) is 5.91 Å². The summed E-state index contributed by atoms with van der Waals surface area (Å²) in [7, 11) is -3.69. The Hall–Kier alpha value is -2.74. The van der Waals surface area contributed by atoms with Gasteiger partial charge in [0.15, 0.2) is 0 Å². The number of hydrogen-bond donors (Lipinski definition) is 1. The number of rotatable bonds is 4. The highest BCUT2D eigenvalue weighted by atomic mass is 32.2. The molecule has 2 amide bonds. The lowest BCUT2D eigenvalue weighted by molar-refractivity contribution is -0.119. The molecule has 1 aliphatic heterocycles. The zero-order chi connectivity index (χ0) is 18.0. The standard InChI is InChI=1S/C17H17N3O4S/c1-12-11-25(23,24)20(17(12)22)15-4-2-3-14(9-15)16(21)19-10-13-5-7-18-8-6-13/h2-9,12H,10-11H2,1H3,(H,19,21)/t12-/m1/s1. The van der Waals surface area contributed by atoms with Gasteiger partial charge in [-0.2, -0.15) is 0 Å². The Morgan fingerprint density at radius 1 is 1.28 bits per heavy atom. The molecular weight excluding hydrogens is 342 g/mol. The van der Waals surface area contributed by atoms with E-state index in [4.69, 9.17) is 0 Å². The number of sulfonamides is 1. The summed E-state index contributed by atoms with van der Waals surface area (Å²) in [6.45, 7) is 1.90. The number of aromatic nitrogens is 1. The average Bonchev–Trinajstić information content (AvgIpc) is 2.81. The van der Waals surface area contributed by atoms with Gasteiger partial charge in [-0.3, -0.25) is 14.6 Å². The average molecular weight is 359 g/mol. The molecule has 1 N–H and O–H groups in total. The number of carbonyl (C=O) groups is 2. The molecule has 8 heteroatoms. The highest BCUT2D eigenvalue weighted by Crippen LogP contribution is 2.28. The molecule has 25 heavy (non-hydrogen) atoms. The Labute approximate surface area is 145 Å². The van der Waals surface area contributed by atoms with Crippen LogP contribution in [0.4, 0.5) is 5.69 Å². The summed E-state index contributed by atoms with van der Waals surface area (Å²) in [5.74, 6) is -1.64. The van der Waals surface area contributed by atoms with E-state index >= 15 is 0 Å². The Morgan fingerprint density at radius 3 is 2.64 bits per heavy atom. The number of nitrogens with one attached hydrogen (secondary N) is 1. The molecule has 1 fully saturated rings. The zero-order valence-corrected chi connectivity index (χ0v) is 14.4. The van der Waals surface area contributed by atoms with E-state index < -0.39 is 21.8 Å². The summed E-state index contributed by atoms with van der Waals surface area (Å²) >= 11 is 0. The third-order valence-electron chi connectivity index (χ3n) is 3.91. The van der Waals surface area contributed by atoms with Crippen LogP contribution < -0.4 is 9.62 Å². The first kappa shape index (κ1) is 17.1. The molecule has 0 bridgehead atoms. The molecule has 7 nitrogen and oxygen atoms in total. The van der Waals surface area contributed by atoms with Gasteiger partial charge in [0.1, 0.15) is 0 Å². The van der Waals surface area contributed by atoms with E-state index in [0.29, 0.717) is 6.54 Å². The van der Waals surface area contributed by atoms with E-state index in [-0.39, 0.29) is 22.9 Å². The molecule has 1 aromatic carbocycles. The van der Waals surface area contributed by atoms with E-state index in [1.165, 1.54) is 12.1 Å². The summed E-state index contributed by atoms with van der Waals surface area (Å²) in [5.41, 5.74) is 1.37. The minimum absolute atomic E-state index is 0.186. The first-order chi connectivity index (χ1) is 11.9. The van der Waals surface area contributed by atoms with Gasteiger partial charge in [-0.25, -0.2) is 12.7 Å². The molecule has 1 atom stereocenters. The van der Waals surface area contributed by atoms with Gasteiger partial charge < -0.3 is 5.32 Å². The predicted molar refractivity (Wildman–Crippen MR) is 92.3 cm³/mol. The summed E-state index contributed by atoms with van der Waals surface area (Å²) in [4.78, 5) is 28.4. The highest BCUT2D eigenvalue weighted by molar-refractivity contribution is 7.94. The molecule has 130 valence electrons. The Kier molecular flexibility index (Phi) is 4.54. The number of nitrogens with zero attached hydrogens (tertiary/aromatic N) is 2. The van der Waals surface area contributed by atoms with Crippen LogP contribution in [0, 0.1) is 5.92 Å². The number of carbonyl (C=O) groups excluding carboxylic acids is 2. The molecule has 3 rings (SSSR count). The molecule has 1 aromatic heterocycles. The Bertz CT molecular complexity index is 913. The number of hydrogen-bond acceptors (Lipinski definition) is 5.